The lowest BCUT2D eigenvalue weighted by atomic mass is 10.2. The minimum Gasteiger partial charge on any atom is -0.368 e. The van der Waals surface area contributed by atoms with Crippen molar-refractivity contribution in [2.75, 3.05) is 13.1 Å². The maximum Gasteiger partial charge on any atom is 0.254 e. The smallest absolute Gasteiger partial charge is 0.254 e. The first-order valence-electron chi connectivity index (χ1n) is 4.87. The number of nitrogens with two attached hydrogens (primary N) is 2. The second kappa shape index (κ2) is 5.97. The number of amides is 3. The fraction of sp³-hybridized carbons (Fsp3) is 0.200. The average Bonchev–Trinajstić information content (AvgIpc) is 2.26. The topological polar surface area (TPSA) is 119 Å². The van der Waals surface area contributed by atoms with Gasteiger partial charge in [0.2, 0.25) is 11.8 Å². The van der Waals surface area contributed by atoms with Gasteiger partial charge in [-0.2, -0.15) is 0 Å². The predicted molar refractivity (Wildman–Crippen MR) is 63.5 cm³/mol. The molecule has 0 radical (unpaired) electrons. The van der Waals surface area contributed by atoms with E-state index in [1.807, 2.05) is 0 Å². The molecule has 0 aliphatic carbocycles. The summed E-state index contributed by atoms with van der Waals surface area (Å²) in [5.74, 6) is -2.06. The lowest BCUT2D eigenvalue weighted by molar-refractivity contribution is -0.121. The lowest BCUT2D eigenvalue weighted by Crippen LogP contribution is -2.43. The van der Waals surface area contributed by atoms with Crippen molar-refractivity contribution in [3.63, 3.8) is 0 Å². The number of carbonyl (C=O) groups is 3. The third-order valence-electron chi connectivity index (χ3n) is 1.95. The molecule has 0 unspecified atom stereocenters. The van der Waals surface area contributed by atoms with Gasteiger partial charge in [-0.3, -0.25) is 14.4 Å². The summed E-state index contributed by atoms with van der Waals surface area (Å²) in [5.41, 5.74) is 10.2. The van der Waals surface area contributed by atoms with Gasteiger partial charge in [-0.15, -0.1) is 0 Å². The summed E-state index contributed by atoms with van der Waals surface area (Å²) >= 11 is 5.64. The van der Waals surface area contributed by atoms with E-state index >= 15 is 0 Å². The molecule has 7 nitrogen and oxygen atoms in total. The monoisotopic (exact) mass is 270 g/mol. The van der Waals surface area contributed by atoms with E-state index in [1.165, 1.54) is 18.3 Å². The van der Waals surface area contributed by atoms with Gasteiger partial charge in [-0.1, -0.05) is 11.6 Å². The predicted octanol–water partition coefficient (Wildman–Crippen LogP) is -0.852. The van der Waals surface area contributed by atoms with Crippen LogP contribution in [0, 0.1) is 0 Å². The molecule has 96 valence electrons. The zero-order valence-corrected chi connectivity index (χ0v) is 10.1. The van der Waals surface area contributed by atoms with E-state index in [-0.39, 0.29) is 10.7 Å². The van der Waals surface area contributed by atoms with Crippen molar-refractivity contribution in [3.05, 3.63) is 29.0 Å². The van der Waals surface area contributed by atoms with Crippen molar-refractivity contribution in [2.24, 2.45) is 11.5 Å². The first kappa shape index (κ1) is 13.9. The van der Waals surface area contributed by atoms with Crippen LogP contribution in [-0.4, -0.2) is 40.7 Å². The highest BCUT2D eigenvalue weighted by atomic mass is 35.5. The molecule has 0 atom stereocenters. The number of aromatic nitrogens is 1. The van der Waals surface area contributed by atoms with Gasteiger partial charge in [0.1, 0.15) is 18.2 Å². The fourth-order valence-corrected chi connectivity index (χ4v) is 1.47. The van der Waals surface area contributed by atoms with Crippen LogP contribution in [0.15, 0.2) is 18.3 Å². The zero-order valence-electron chi connectivity index (χ0n) is 9.30. The van der Waals surface area contributed by atoms with E-state index in [0.29, 0.717) is 0 Å². The maximum absolute atomic E-state index is 12.0. The molecule has 1 aromatic heterocycles. The van der Waals surface area contributed by atoms with Crippen LogP contribution in [0.3, 0.4) is 0 Å². The molecule has 0 saturated heterocycles. The Labute approximate surface area is 108 Å². The number of carbonyl (C=O) groups excluding carboxylic acids is 3. The third kappa shape index (κ3) is 4.02. The summed E-state index contributed by atoms with van der Waals surface area (Å²) < 4.78 is 0. The second-order valence-corrected chi connectivity index (χ2v) is 3.85. The summed E-state index contributed by atoms with van der Waals surface area (Å²) in [5, 5.41) is 0.124. The van der Waals surface area contributed by atoms with Crippen molar-refractivity contribution >= 4 is 29.3 Å². The minimum absolute atomic E-state index is 0.124. The number of nitrogens with zero attached hydrogens (tertiary/aromatic N) is 2. The molecule has 18 heavy (non-hydrogen) atoms. The Bertz CT molecular complexity index is 476. The highest BCUT2D eigenvalue weighted by molar-refractivity contribution is 6.29. The molecular formula is C10H11ClN4O3. The molecule has 0 spiro atoms. The Hall–Kier alpha value is -2.15. The fourth-order valence-electron chi connectivity index (χ4n) is 1.29. The van der Waals surface area contributed by atoms with Crippen LogP contribution in [0.1, 0.15) is 10.4 Å². The van der Waals surface area contributed by atoms with Gasteiger partial charge in [0, 0.05) is 11.8 Å². The van der Waals surface area contributed by atoms with Gasteiger partial charge in [0.25, 0.3) is 5.91 Å². The van der Waals surface area contributed by atoms with Crippen molar-refractivity contribution in [1.82, 2.24) is 9.88 Å². The average molecular weight is 271 g/mol. The van der Waals surface area contributed by atoms with Gasteiger partial charge in [0.05, 0.1) is 0 Å². The summed E-state index contributed by atoms with van der Waals surface area (Å²) in [4.78, 5) is 38.3. The number of pyridine rings is 1. The van der Waals surface area contributed by atoms with E-state index in [9.17, 15) is 14.4 Å². The van der Waals surface area contributed by atoms with Crippen molar-refractivity contribution in [2.45, 2.75) is 0 Å². The molecule has 1 aromatic rings. The Morgan fingerprint density at radius 3 is 2.22 bits per heavy atom. The lowest BCUT2D eigenvalue weighted by Gasteiger charge is -2.19. The highest BCUT2D eigenvalue weighted by Gasteiger charge is 2.19. The van der Waals surface area contributed by atoms with Crippen molar-refractivity contribution in [1.29, 1.82) is 0 Å². The van der Waals surface area contributed by atoms with E-state index in [4.69, 9.17) is 23.1 Å². The van der Waals surface area contributed by atoms with E-state index in [2.05, 4.69) is 4.98 Å². The Kier molecular flexibility index (Phi) is 4.61. The number of rotatable bonds is 5. The van der Waals surface area contributed by atoms with Crippen LogP contribution in [0.25, 0.3) is 0 Å². The number of hydrogen-bond acceptors (Lipinski definition) is 4. The Morgan fingerprint density at radius 1 is 1.22 bits per heavy atom. The Balaban J connectivity index is 2.94. The van der Waals surface area contributed by atoms with Gasteiger partial charge in [0.15, 0.2) is 0 Å². The van der Waals surface area contributed by atoms with Crippen LogP contribution in [0.2, 0.25) is 5.15 Å². The Morgan fingerprint density at radius 2 is 1.78 bits per heavy atom. The molecule has 4 N–H and O–H groups in total. The molecule has 0 bridgehead atoms. The first-order chi connectivity index (χ1) is 8.40. The molecule has 1 heterocycles. The van der Waals surface area contributed by atoms with Crippen LogP contribution in [-0.2, 0) is 9.59 Å². The van der Waals surface area contributed by atoms with Gasteiger partial charge < -0.3 is 16.4 Å². The van der Waals surface area contributed by atoms with Gasteiger partial charge >= 0.3 is 0 Å². The normalized spacial score (nSPS) is 9.83. The molecule has 1 rings (SSSR count). The molecule has 0 fully saturated rings. The SMILES string of the molecule is NC(=O)CN(CC(N)=O)C(=O)c1ccnc(Cl)c1. The summed E-state index contributed by atoms with van der Waals surface area (Å²) in [6.07, 6.45) is 1.34. The molecule has 0 saturated carbocycles. The van der Waals surface area contributed by atoms with Crippen LogP contribution in [0.4, 0.5) is 0 Å². The summed E-state index contributed by atoms with van der Waals surface area (Å²) in [6, 6.07) is 2.72. The maximum atomic E-state index is 12.0. The largest absolute Gasteiger partial charge is 0.368 e. The third-order valence-corrected chi connectivity index (χ3v) is 2.16. The van der Waals surface area contributed by atoms with E-state index in [0.717, 1.165) is 4.90 Å². The molecule has 3 amide bonds. The standard InChI is InChI=1S/C10H11ClN4O3/c11-7-3-6(1-2-14-7)10(18)15(4-8(12)16)5-9(13)17/h1-3H,4-5H2,(H2,12,16)(H2,13,17). The van der Waals surface area contributed by atoms with Crippen LogP contribution < -0.4 is 11.5 Å². The summed E-state index contributed by atoms with van der Waals surface area (Å²) in [7, 11) is 0. The van der Waals surface area contributed by atoms with Gasteiger partial charge in [-0.25, -0.2) is 4.98 Å². The molecule has 0 aliphatic heterocycles. The minimum atomic E-state index is -0.746. The van der Waals surface area contributed by atoms with Crippen molar-refractivity contribution < 1.29 is 14.4 Å². The van der Waals surface area contributed by atoms with Gasteiger partial charge in [-0.05, 0) is 12.1 Å². The van der Waals surface area contributed by atoms with Crippen molar-refractivity contribution in [3.8, 4) is 0 Å². The molecule has 8 heteroatoms. The van der Waals surface area contributed by atoms with E-state index in [1.54, 1.807) is 0 Å². The zero-order chi connectivity index (χ0) is 13.7. The van der Waals surface area contributed by atoms with Crippen LogP contribution in [0.5, 0.6) is 0 Å². The second-order valence-electron chi connectivity index (χ2n) is 3.46. The molecular weight excluding hydrogens is 260 g/mol. The first-order valence-corrected chi connectivity index (χ1v) is 5.25. The highest BCUT2D eigenvalue weighted by Crippen LogP contribution is 2.09. The molecule has 0 aliphatic rings. The number of primary amides is 2. The quantitative estimate of drug-likeness (QED) is 0.677. The summed E-state index contributed by atoms with van der Waals surface area (Å²) in [6.45, 7) is -0.802. The van der Waals surface area contributed by atoms with E-state index < -0.39 is 30.8 Å². The molecule has 0 aromatic carbocycles. The van der Waals surface area contributed by atoms with Crippen LogP contribution >= 0.6 is 11.6 Å². The number of halogens is 1. The number of hydrogen-bond donors (Lipinski definition) is 2.